The fourth-order valence-corrected chi connectivity index (χ4v) is 2.43. The lowest BCUT2D eigenvalue weighted by atomic mass is 10.0. The first-order valence-corrected chi connectivity index (χ1v) is 7.08. The molecule has 0 aromatic carbocycles. The topological polar surface area (TPSA) is 56.0 Å². The molecule has 0 aromatic rings. The predicted molar refractivity (Wildman–Crippen MR) is 70.5 cm³/mol. The van der Waals surface area contributed by atoms with Crippen LogP contribution in [-0.4, -0.2) is 35.3 Å². The van der Waals surface area contributed by atoms with Crippen LogP contribution in [0.15, 0.2) is 0 Å². The molecule has 3 nitrogen and oxygen atoms in total. The normalized spacial score (nSPS) is 16.4. The first kappa shape index (κ1) is 15.8. The Kier molecular flexibility index (Phi) is 8.73. The molecule has 2 atom stereocenters. The summed E-state index contributed by atoms with van der Waals surface area (Å²) in [5.74, 6) is 2.28. The second-order valence-electron chi connectivity index (χ2n) is 4.48. The van der Waals surface area contributed by atoms with E-state index in [9.17, 15) is 0 Å². The first-order valence-electron chi connectivity index (χ1n) is 5.93. The van der Waals surface area contributed by atoms with Crippen LogP contribution in [0, 0.1) is 17.2 Å². The summed E-state index contributed by atoms with van der Waals surface area (Å²) in [6.07, 6.45) is 1.90. The number of aliphatic hydroxyl groups excluding tert-OH is 1. The highest BCUT2D eigenvalue weighted by atomic mass is 32.2. The minimum Gasteiger partial charge on any atom is -0.396 e. The lowest BCUT2D eigenvalue weighted by Gasteiger charge is -2.23. The van der Waals surface area contributed by atoms with Gasteiger partial charge in [0.1, 0.15) is 5.54 Å². The Hall–Kier alpha value is -0.240. The van der Waals surface area contributed by atoms with Crippen LogP contribution in [0.1, 0.15) is 33.6 Å². The monoisotopic (exact) mass is 244 g/mol. The average Bonchev–Trinajstić information content (AvgIpc) is 2.31. The fraction of sp³-hybridized carbons (Fsp3) is 0.917. The second-order valence-corrected chi connectivity index (χ2v) is 5.63. The van der Waals surface area contributed by atoms with Crippen LogP contribution in [0.25, 0.3) is 0 Å². The lowest BCUT2D eigenvalue weighted by molar-refractivity contribution is 0.250. The van der Waals surface area contributed by atoms with Gasteiger partial charge in [-0.25, -0.2) is 0 Å². The van der Waals surface area contributed by atoms with Crippen LogP contribution < -0.4 is 5.32 Å². The lowest BCUT2D eigenvalue weighted by Crippen LogP contribution is -2.41. The SMILES string of the molecule is CCCNC(C)(C#N)CCSCC(C)CO. The van der Waals surface area contributed by atoms with Crippen molar-refractivity contribution >= 4 is 11.8 Å². The van der Waals surface area contributed by atoms with Gasteiger partial charge in [0.15, 0.2) is 0 Å². The van der Waals surface area contributed by atoms with Crippen LogP contribution >= 0.6 is 11.8 Å². The second kappa shape index (κ2) is 8.86. The molecule has 0 saturated carbocycles. The van der Waals surface area contributed by atoms with E-state index >= 15 is 0 Å². The third-order valence-corrected chi connectivity index (χ3v) is 3.77. The minimum absolute atomic E-state index is 0.247. The molecule has 0 aromatic heterocycles. The molecule has 0 amide bonds. The van der Waals surface area contributed by atoms with Crippen molar-refractivity contribution in [2.24, 2.45) is 5.92 Å². The van der Waals surface area contributed by atoms with Crippen molar-refractivity contribution in [1.29, 1.82) is 5.26 Å². The van der Waals surface area contributed by atoms with E-state index in [-0.39, 0.29) is 6.61 Å². The Bertz CT molecular complexity index is 218. The molecule has 4 heteroatoms. The van der Waals surface area contributed by atoms with Crippen LogP contribution in [-0.2, 0) is 0 Å². The third kappa shape index (κ3) is 7.10. The molecule has 0 aliphatic carbocycles. The molecule has 0 radical (unpaired) electrons. The van der Waals surface area contributed by atoms with E-state index in [2.05, 4.69) is 18.3 Å². The highest BCUT2D eigenvalue weighted by molar-refractivity contribution is 7.99. The molecule has 16 heavy (non-hydrogen) atoms. The zero-order valence-corrected chi connectivity index (χ0v) is 11.4. The number of hydrogen-bond acceptors (Lipinski definition) is 4. The standard InChI is InChI=1S/C12H24N2OS/c1-4-6-14-12(3,10-13)5-7-16-9-11(2)8-15/h11,14-15H,4-9H2,1-3H3. The molecule has 2 unspecified atom stereocenters. The van der Waals surface area contributed by atoms with Gasteiger partial charge in [0.25, 0.3) is 0 Å². The van der Waals surface area contributed by atoms with Crippen LogP contribution in [0.4, 0.5) is 0 Å². The highest BCUT2D eigenvalue weighted by Crippen LogP contribution is 2.15. The first-order chi connectivity index (χ1) is 7.58. The molecule has 0 rings (SSSR count). The zero-order valence-electron chi connectivity index (χ0n) is 10.6. The van der Waals surface area contributed by atoms with Gasteiger partial charge < -0.3 is 5.11 Å². The van der Waals surface area contributed by atoms with Gasteiger partial charge in [-0.1, -0.05) is 13.8 Å². The summed E-state index contributed by atoms with van der Waals surface area (Å²) in [5.41, 5.74) is -0.397. The van der Waals surface area contributed by atoms with E-state index in [1.165, 1.54) is 0 Å². The Labute approximate surface area is 104 Å². The number of aliphatic hydroxyl groups is 1. The van der Waals surface area contributed by atoms with Crippen LogP contribution in [0.5, 0.6) is 0 Å². The van der Waals surface area contributed by atoms with E-state index in [4.69, 9.17) is 10.4 Å². The van der Waals surface area contributed by atoms with Crippen molar-refractivity contribution in [2.45, 2.75) is 39.2 Å². The molecular weight excluding hydrogens is 220 g/mol. The molecule has 0 spiro atoms. The summed E-state index contributed by atoms with van der Waals surface area (Å²) in [5, 5.41) is 21.3. The molecule has 0 bridgehead atoms. The van der Waals surface area contributed by atoms with Crippen molar-refractivity contribution < 1.29 is 5.11 Å². The number of nitrogens with one attached hydrogen (secondary N) is 1. The number of nitrogens with zero attached hydrogens (tertiary/aromatic N) is 1. The van der Waals surface area contributed by atoms with E-state index in [0.717, 1.165) is 30.9 Å². The Morgan fingerprint density at radius 2 is 2.25 bits per heavy atom. The molecular formula is C12H24N2OS. The summed E-state index contributed by atoms with van der Waals surface area (Å²) in [6, 6.07) is 2.34. The average molecular weight is 244 g/mol. The number of nitriles is 1. The van der Waals surface area contributed by atoms with E-state index in [0.29, 0.717) is 5.92 Å². The molecule has 0 heterocycles. The van der Waals surface area contributed by atoms with Gasteiger partial charge in [-0.15, -0.1) is 0 Å². The quantitative estimate of drug-likeness (QED) is 0.609. The maximum atomic E-state index is 9.10. The molecule has 94 valence electrons. The summed E-state index contributed by atoms with van der Waals surface area (Å²) < 4.78 is 0. The molecule has 0 fully saturated rings. The summed E-state index contributed by atoms with van der Waals surface area (Å²) in [6.45, 7) is 7.23. The summed E-state index contributed by atoms with van der Waals surface area (Å²) in [4.78, 5) is 0. The summed E-state index contributed by atoms with van der Waals surface area (Å²) >= 11 is 1.81. The van der Waals surface area contributed by atoms with Gasteiger partial charge in [-0.2, -0.15) is 17.0 Å². The van der Waals surface area contributed by atoms with Crippen molar-refractivity contribution in [3.63, 3.8) is 0 Å². The van der Waals surface area contributed by atoms with Gasteiger partial charge in [-0.3, -0.25) is 5.32 Å². The maximum absolute atomic E-state index is 9.10. The van der Waals surface area contributed by atoms with Gasteiger partial charge >= 0.3 is 0 Å². The van der Waals surface area contributed by atoms with Crippen LogP contribution in [0.3, 0.4) is 0 Å². The molecule has 2 N–H and O–H groups in total. The van der Waals surface area contributed by atoms with E-state index < -0.39 is 5.54 Å². The van der Waals surface area contributed by atoms with Crippen molar-refractivity contribution in [2.75, 3.05) is 24.7 Å². The number of rotatable bonds is 9. The van der Waals surface area contributed by atoms with Crippen LogP contribution in [0.2, 0.25) is 0 Å². The van der Waals surface area contributed by atoms with Gasteiger partial charge in [0.2, 0.25) is 0 Å². The Morgan fingerprint density at radius 1 is 1.56 bits per heavy atom. The molecule has 0 aliphatic rings. The van der Waals surface area contributed by atoms with Crippen molar-refractivity contribution in [1.82, 2.24) is 5.32 Å². The maximum Gasteiger partial charge on any atom is 0.104 e. The Balaban J connectivity index is 3.74. The summed E-state index contributed by atoms with van der Waals surface area (Å²) in [7, 11) is 0. The number of thioether (sulfide) groups is 1. The third-order valence-electron chi connectivity index (χ3n) is 2.47. The smallest absolute Gasteiger partial charge is 0.104 e. The Morgan fingerprint density at radius 3 is 2.75 bits per heavy atom. The predicted octanol–water partition coefficient (Wildman–Crippen LogP) is 2.02. The van der Waals surface area contributed by atoms with E-state index in [1.807, 2.05) is 25.6 Å². The van der Waals surface area contributed by atoms with Gasteiger partial charge in [0.05, 0.1) is 6.07 Å². The van der Waals surface area contributed by atoms with Gasteiger partial charge in [0, 0.05) is 6.61 Å². The molecule has 0 aliphatic heterocycles. The van der Waals surface area contributed by atoms with Crippen molar-refractivity contribution in [3.05, 3.63) is 0 Å². The van der Waals surface area contributed by atoms with Gasteiger partial charge in [-0.05, 0) is 43.7 Å². The highest BCUT2D eigenvalue weighted by Gasteiger charge is 2.21. The fourth-order valence-electron chi connectivity index (χ4n) is 1.20. The van der Waals surface area contributed by atoms with E-state index in [1.54, 1.807) is 0 Å². The zero-order chi connectivity index (χ0) is 12.4. The van der Waals surface area contributed by atoms with Crippen molar-refractivity contribution in [3.8, 4) is 6.07 Å². The largest absolute Gasteiger partial charge is 0.396 e. The minimum atomic E-state index is -0.397. The molecule has 0 saturated heterocycles. The number of hydrogen-bond donors (Lipinski definition) is 2.